The Morgan fingerprint density at radius 1 is 1.21 bits per heavy atom. The molecular formula is C27H23F3N4O3S. The highest BCUT2D eigenvalue weighted by atomic mass is 32.2. The van der Waals surface area contributed by atoms with Gasteiger partial charge in [-0.25, -0.2) is 9.78 Å². The SMILES string of the molecule is COC(=O)C1=C(CSc2nc3c(cc2C#N)CCCCC3)OC(N)=C(C#N)[C@H]1c1ccccc1C(F)(F)F. The quantitative estimate of drug-likeness (QED) is 0.309. The minimum Gasteiger partial charge on any atom is -0.466 e. The number of aryl methyl sites for hydroxylation is 2. The molecule has 0 saturated carbocycles. The summed E-state index contributed by atoms with van der Waals surface area (Å²) < 4.78 is 52.3. The first-order chi connectivity index (χ1) is 18.2. The number of rotatable bonds is 5. The smallest absolute Gasteiger partial charge is 0.416 e. The van der Waals surface area contributed by atoms with Crippen LogP contribution in [0.3, 0.4) is 0 Å². The second kappa shape index (κ2) is 11.2. The summed E-state index contributed by atoms with van der Waals surface area (Å²) in [4.78, 5) is 17.7. The lowest BCUT2D eigenvalue weighted by molar-refractivity contribution is -0.139. The molecule has 2 N–H and O–H groups in total. The molecule has 0 bridgehead atoms. The Labute approximate surface area is 221 Å². The molecule has 2 aromatic rings. The van der Waals surface area contributed by atoms with Crippen molar-refractivity contribution in [2.75, 3.05) is 12.9 Å². The summed E-state index contributed by atoms with van der Waals surface area (Å²) in [5, 5.41) is 19.9. The first-order valence-corrected chi connectivity index (χ1v) is 12.8. The van der Waals surface area contributed by atoms with Crippen molar-refractivity contribution in [2.24, 2.45) is 5.73 Å². The molecule has 38 heavy (non-hydrogen) atoms. The van der Waals surface area contributed by atoms with Crippen molar-refractivity contribution in [3.05, 3.63) is 81.1 Å². The van der Waals surface area contributed by atoms with Gasteiger partial charge in [0, 0.05) is 5.69 Å². The van der Waals surface area contributed by atoms with Crippen molar-refractivity contribution in [1.29, 1.82) is 10.5 Å². The number of carbonyl (C=O) groups is 1. The Balaban J connectivity index is 1.81. The molecule has 2 heterocycles. The van der Waals surface area contributed by atoms with Crippen LogP contribution in [0.25, 0.3) is 0 Å². The molecule has 1 aromatic carbocycles. The third-order valence-electron chi connectivity index (χ3n) is 6.46. The maximum Gasteiger partial charge on any atom is 0.416 e. The fraction of sp³-hybridized carbons (Fsp3) is 0.333. The van der Waals surface area contributed by atoms with Gasteiger partial charge in [-0.15, -0.1) is 0 Å². The summed E-state index contributed by atoms with van der Waals surface area (Å²) in [6, 6.07) is 10.4. The average Bonchev–Trinajstić information content (AvgIpc) is 3.14. The van der Waals surface area contributed by atoms with Crippen LogP contribution in [-0.4, -0.2) is 23.8 Å². The lowest BCUT2D eigenvalue weighted by atomic mass is 9.81. The summed E-state index contributed by atoms with van der Waals surface area (Å²) in [6.07, 6.45) is -0.0798. The number of hydrogen-bond acceptors (Lipinski definition) is 8. The van der Waals surface area contributed by atoms with Gasteiger partial charge in [-0.1, -0.05) is 36.4 Å². The van der Waals surface area contributed by atoms with E-state index in [1.165, 1.54) is 18.2 Å². The van der Waals surface area contributed by atoms with Crippen molar-refractivity contribution in [1.82, 2.24) is 4.98 Å². The van der Waals surface area contributed by atoms with E-state index in [0.29, 0.717) is 10.6 Å². The van der Waals surface area contributed by atoms with Gasteiger partial charge in [-0.05, 0) is 48.9 Å². The van der Waals surface area contributed by atoms with Gasteiger partial charge in [0.25, 0.3) is 0 Å². The van der Waals surface area contributed by atoms with E-state index >= 15 is 0 Å². The Hall–Kier alpha value is -3.96. The lowest BCUT2D eigenvalue weighted by Crippen LogP contribution is -2.28. The number of esters is 1. The second-order valence-corrected chi connectivity index (χ2v) is 9.71. The number of nitriles is 2. The van der Waals surface area contributed by atoms with Crippen LogP contribution in [0.2, 0.25) is 0 Å². The van der Waals surface area contributed by atoms with Crippen molar-refractivity contribution in [2.45, 2.75) is 49.2 Å². The number of allylic oxidation sites excluding steroid dienone is 1. The van der Waals surface area contributed by atoms with Crippen LogP contribution in [0.1, 0.15) is 53.1 Å². The number of nitrogens with two attached hydrogens (primary N) is 1. The Morgan fingerprint density at radius 3 is 2.63 bits per heavy atom. The second-order valence-electron chi connectivity index (χ2n) is 8.75. The lowest BCUT2D eigenvalue weighted by Gasteiger charge is -2.29. The first-order valence-electron chi connectivity index (χ1n) is 11.8. The highest BCUT2D eigenvalue weighted by Crippen LogP contribution is 2.45. The number of hydrogen-bond donors (Lipinski definition) is 1. The Morgan fingerprint density at radius 2 is 1.95 bits per heavy atom. The number of carbonyl (C=O) groups excluding carboxylic acids is 1. The zero-order chi connectivity index (χ0) is 27.4. The van der Waals surface area contributed by atoms with Crippen LogP contribution in [0.15, 0.2) is 58.1 Å². The van der Waals surface area contributed by atoms with Gasteiger partial charge >= 0.3 is 12.1 Å². The van der Waals surface area contributed by atoms with Gasteiger partial charge in [-0.2, -0.15) is 23.7 Å². The third-order valence-corrected chi connectivity index (χ3v) is 7.45. The molecule has 0 spiro atoms. The van der Waals surface area contributed by atoms with Gasteiger partial charge in [0.2, 0.25) is 5.88 Å². The number of fused-ring (bicyclic) bond motifs is 1. The van der Waals surface area contributed by atoms with Gasteiger partial charge < -0.3 is 15.2 Å². The molecule has 0 radical (unpaired) electrons. The minimum absolute atomic E-state index is 0.0686. The predicted molar refractivity (Wildman–Crippen MR) is 132 cm³/mol. The minimum atomic E-state index is -4.76. The standard InChI is InChI=1S/C27H23F3N4O3S/c1-36-26(35)23-21(14-38-25-16(12-31)11-15-7-3-2-4-10-20(15)34-25)37-24(33)18(13-32)22(23)17-8-5-6-9-19(17)27(28,29)30/h5-6,8-9,11,22H,2-4,7,10,14,33H2,1H3/t22-/m1/s1. The normalized spacial score (nSPS) is 17.6. The van der Waals surface area contributed by atoms with Gasteiger partial charge in [0.1, 0.15) is 28.5 Å². The van der Waals surface area contributed by atoms with E-state index in [1.54, 1.807) is 6.07 Å². The average molecular weight is 541 g/mol. The van der Waals surface area contributed by atoms with E-state index < -0.39 is 29.5 Å². The fourth-order valence-electron chi connectivity index (χ4n) is 4.69. The molecule has 1 atom stereocenters. The number of pyridine rings is 1. The number of halogens is 3. The van der Waals surface area contributed by atoms with Crippen LogP contribution < -0.4 is 5.73 Å². The molecule has 196 valence electrons. The van der Waals surface area contributed by atoms with Gasteiger partial charge in [0.15, 0.2) is 0 Å². The highest BCUT2D eigenvalue weighted by Gasteiger charge is 2.42. The first kappa shape index (κ1) is 27.1. The molecule has 0 fully saturated rings. The Bertz CT molecular complexity index is 1420. The predicted octanol–water partition coefficient (Wildman–Crippen LogP) is 5.27. The molecule has 4 rings (SSSR count). The Kier molecular flexibility index (Phi) is 7.98. The van der Waals surface area contributed by atoms with E-state index in [1.807, 2.05) is 6.07 Å². The number of methoxy groups -OCH3 is 1. The molecule has 0 amide bonds. The number of alkyl halides is 3. The summed E-state index contributed by atoms with van der Waals surface area (Å²) in [6.45, 7) is 0. The van der Waals surface area contributed by atoms with E-state index in [0.717, 1.165) is 68.3 Å². The number of thioether (sulfide) groups is 1. The summed E-state index contributed by atoms with van der Waals surface area (Å²) in [5.74, 6) is -2.99. The summed E-state index contributed by atoms with van der Waals surface area (Å²) >= 11 is 1.10. The van der Waals surface area contributed by atoms with Gasteiger partial charge in [0.05, 0.1) is 35.5 Å². The van der Waals surface area contributed by atoms with Crippen LogP contribution in [-0.2, 0) is 33.3 Å². The molecule has 11 heteroatoms. The van der Waals surface area contributed by atoms with E-state index in [-0.39, 0.29) is 28.2 Å². The highest BCUT2D eigenvalue weighted by molar-refractivity contribution is 7.99. The zero-order valence-corrected chi connectivity index (χ0v) is 21.2. The third kappa shape index (κ3) is 5.34. The molecule has 1 aliphatic heterocycles. The molecule has 1 aromatic heterocycles. The summed E-state index contributed by atoms with van der Waals surface area (Å²) in [7, 11) is 1.09. The van der Waals surface area contributed by atoms with Crippen LogP contribution in [0, 0.1) is 22.7 Å². The van der Waals surface area contributed by atoms with Crippen LogP contribution in [0.4, 0.5) is 13.2 Å². The number of benzene rings is 1. The molecule has 7 nitrogen and oxygen atoms in total. The molecular weight excluding hydrogens is 517 g/mol. The largest absolute Gasteiger partial charge is 0.466 e. The number of ether oxygens (including phenoxy) is 2. The van der Waals surface area contributed by atoms with Crippen LogP contribution >= 0.6 is 11.8 Å². The van der Waals surface area contributed by atoms with Crippen molar-refractivity contribution in [3.8, 4) is 12.1 Å². The molecule has 0 unspecified atom stereocenters. The molecule has 2 aliphatic rings. The molecule has 1 aliphatic carbocycles. The van der Waals surface area contributed by atoms with E-state index in [9.17, 15) is 28.5 Å². The number of aromatic nitrogens is 1. The molecule has 0 saturated heterocycles. The van der Waals surface area contributed by atoms with E-state index in [2.05, 4.69) is 6.07 Å². The zero-order valence-electron chi connectivity index (χ0n) is 20.4. The number of nitrogens with zero attached hydrogens (tertiary/aromatic N) is 3. The van der Waals surface area contributed by atoms with E-state index in [4.69, 9.17) is 20.2 Å². The maximum atomic E-state index is 13.9. The van der Waals surface area contributed by atoms with Crippen molar-refractivity contribution >= 4 is 17.7 Å². The monoisotopic (exact) mass is 540 g/mol. The van der Waals surface area contributed by atoms with Gasteiger partial charge in [-0.3, -0.25) is 0 Å². The maximum absolute atomic E-state index is 13.9. The fourth-order valence-corrected chi connectivity index (χ4v) is 5.61. The summed E-state index contributed by atoms with van der Waals surface area (Å²) in [5.41, 5.74) is 6.33. The van der Waals surface area contributed by atoms with Crippen LogP contribution in [0.5, 0.6) is 0 Å². The van der Waals surface area contributed by atoms with Crippen molar-refractivity contribution < 1.29 is 27.4 Å². The topological polar surface area (TPSA) is 122 Å². The van der Waals surface area contributed by atoms with Crippen molar-refractivity contribution in [3.63, 3.8) is 0 Å².